The first-order valence-electron chi connectivity index (χ1n) is 13.5. The summed E-state index contributed by atoms with van der Waals surface area (Å²) < 4.78 is 46.0. The van der Waals surface area contributed by atoms with E-state index in [2.05, 4.69) is 30.3 Å². The van der Waals surface area contributed by atoms with Crippen molar-refractivity contribution in [2.24, 2.45) is 11.8 Å². The Bertz CT molecular complexity index is 952. The summed E-state index contributed by atoms with van der Waals surface area (Å²) in [5.74, 6) is 0.720. The van der Waals surface area contributed by atoms with Crippen LogP contribution >= 0.6 is 0 Å². The maximum absolute atomic E-state index is 14.4. The van der Waals surface area contributed by atoms with Crippen LogP contribution in [0.5, 0.6) is 5.75 Å². The molecule has 0 bridgehead atoms. The number of benzene rings is 2. The number of allylic oxidation sites excluding steroid dienone is 2. The van der Waals surface area contributed by atoms with Gasteiger partial charge in [-0.3, -0.25) is 0 Å². The maximum Gasteiger partial charge on any atom is 0.200 e. The molecule has 0 atom stereocenters. The van der Waals surface area contributed by atoms with Gasteiger partial charge in [0.1, 0.15) is 6.67 Å². The Hall–Kier alpha value is -2.23. The van der Waals surface area contributed by atoms with Crippen LogP contribution in [0.3, 0.4) is 0 Å². The van der Waals surface area contributed by atoms with Gasteiger partial charge in [0.25, 0.3) is 0 Å². The minimum Gasteiger partial charge on any atom is -0.491 e. The second kappa shape index (κ2) is 12.6. The van der Waals surface area contributed by atoms with E-state index in [0.717, 1.165) is 44.9 Å². The SMILES string of the molecule is CCOc1ccc(CCC2CCC(c3ccc(C4CCC(C=CCF)CC4)cc3)CC2)c(F)c1F. The van der Waals surface area contributed by atoms with E-state index in [1.54, 1.807) is 25.1 Å². The lowest BCUT2D eigenvalue weighted by atomic mass is 9.75. The van der Waals surface area contributed by atoms with Crippen molar-refractivity contribution < 1.29 is 17.9 Å². The number of ether oxygens (including phenoxy) is 1. The highest BCUT2D eigenvalue weighted by Crippen LogP contribution is 2.40. The molecule has 2 aliphatic carbocycles. The molecule has 0 aliphatic heterocycles. The average Bonchev–Trinajstić information content (AvgIpc) is 2.90. The fraction of sp³-hybridized carbons (Fsp3) is 0.548. The Balaban J connectivity index is 1.23. The molecular formula is C31H39F3O. The smallest absolute Gasteiger partial charge is 0.200 e. The van der Waals surface area contributed by atoms with Crippen molar-refractivity contribution in [2.45, 2.75) is 83.0 Å². The van der Waals surface area contributed by atoms with E-state index in [0.29, 0.717) is 42.3 Å². The van der Waals surface area contributed by atoms with Crippen molar-refractivity contribution in [3.8, 4) is 5.75 Å². The maximum atomic E-state index is 14.4. The van der Waals surface area contributed by atoms with Crippen molar-refractivity contribution in [1.29, 1.82) is 0 Å². The van der Waals surface area contributed by atoms with Crippen LogP contribution in [0, 0.1) is 23.5 Å². The highest BCUT2D eigenvalue weighted by molar-refractivity contribution is 5.31. The van der Waals surface area contributed by atoms with Crippen LogP contribution in [0.1, 0.15) is 93.2 Å². The molecule has 4 rings (SSSR count). The zero-order valence-electron chi connectivity index (χ0n) is 21.0. The van der Waals surface area contributed by atoms with Gasteiger partial charge >= 0.3 is 0 Å². The predicted octanol–water partition coefficient (Wildman–Crippen LogP) is 9.07. The Morgan fingerprint density at radius 3 is 1.97 bits per heavy atom. The summed E-state index contributed by atoms with van der Waals surface area (Å²) in [6.45, 7) is 1.73. The third-order valence-corrected chi connectivity index (χ3v) is 8.24. The normalized spacial score (nSPS) is 25.1. The second-order valence-corrected chi connectivity index (χ2v) is 10.4. The van der Waals surface area contributed by atoms with Crippen molar-refractivity contribution >= 4 is 0 Å². The van der Waals surface area contributed by atoms with Gasteiger partial charge in [0.2, 0.25) is 5.82 Å². The molecule has 0 aromatic heterocycles. The van der Waals surface area contributed by atoms with Gasteiger partial charge in [-0.1, -0.05) is 42.5 Å². The molecule has 2 aliphatic rings. The number of rotatable bonds is 9. The minimum absolute atomic E-state index is 0.00121. The molecule has 1 nitrogen and oxygen atoms in total. The fourth-order valence-electron chi connectivity index (χ4n) is 6.11. The van der Waals surface area contributed by atoms with Crippen molar-refractivity contribution in [1.82, 2.24) is 0 Å². The van der Waals surface area contributed by atoms with Crippen LogP contribution in [0.25, 0.3) is 0 Å². The molecule has 0 radical (unpaired) electrons. The molecule has 190 valence electrons. The summed E-state index contributed by atoms with van der Waals surface area (Å²) in [7, 11) is 0. The third-order valence-electron chi connectivity index (χ3n) is 8.24. The predicted molar refractivity (Wildman–Crippen MR) is 137 cm³/mol. The molecule has 2 fully saturated rings. The summed E-state index contributed by atoms with van der Waals surface area (Å²) in [5.41, 5.74) is 3.34. The van der Waals surface area contributed by atoms with Crippen LogP contribution in [-0.4, -0.2) is 13.3 Å². The number of hydrogen-bond donors (Lipinski definition) is 0. The third kappa shape index (κ3) is 6.71. The van der Waals surface area contributed by atoms with E-state index in [-0.39, 0.29) is 12.4 Å². The van der Waals surface area contributed by atoms with E-state index >= 15 is 0 Å². The largest absolute Gasteiger partial charge is 0.491 e. The van der Waals surface area contributed by atoms with Crippen LogP contribution in [-0.2, 0) is 6.42 Å². The highest BCUT2D eigenvalue weighted by atomic mass is 19.2. The first-order chi connectivity index (χ1) is 17.1. The number of halogens is 3. The minimum atomic E-state index is -0.863. The molecule has 0 N–H and O–H groups in total. The monoisotopic (exact) mass is 484 g/mol. The number of hydrogen-bond acceptors (Lipinski definition) is 1. The highest BCUT2D eigenvalue weighted by Gasteiger charge is 2.25. The first kappa shape index (κ1) is 25.9. The molecule has 0 spiro atoms. The lowest BCUT2D eigenvalue weighted by Gasteiger charge is -2.30. The Morgan fingerprint density at radius 1 is 0.800 bits per heavy atom. The zero-order chi connectivity index (χ0) is 24.6. The van der Waals surface area contributed by atoms with Gasteiger partial charge in [0.15, 0.2) is 11.6 Å². The average molecular weight is 485 g/mol. The van der Waals surface area contributed by atoms with Crippen LogP contribution in [0.15, 0.2) is 48.6 Å². The second-order valence-electron chi connectivity index (χ2n) is 10.4. The first-order valence-corrected chi connectivity index (χ1v) is 13.5. The van der Waals surface area contributed by atoms with Crippen LogP contribution in [0.4, 0.5) is 13.2 Å². The molecule has 0 amide bonds. The lowest BCUT2D eigenvalue weighted by molar-refractivity contribution is 0.305. The Labute approximate surface area is 208 Å². The van der Waals surface area contributed by atoms with Gasteiger partial charge in [-0.15, -0.1) is 0 Å². The summed E-state index contributed by atoms with van der Waals surface area (Å²) in [5, 5.41) is 0. The van der Waals surface area contributed by atoms with Crippen LogP contribution < -0.4 is 4.74 Å². The topological polar surface area (TPSA) is 9.23 Å². The zero-order valence-corrected chi connectivity index (χ0v) is 21.0. The standard InChI is InChI=1S/C31H39F3O/c1-2-35-29-20-19-28(30(33)31(29)34)14-9-23-7-12-25(13-8-23)27-17-15-26(16-18-27)24-10-5-22(6-11-24)4-3-21-32/h3-4,15-20,22-25H,2,5-14,21H2,1H3. The van der Waals surface area contributed by atoms with Gasteiger partial charge in [-0.25, -0.2) is 8.78 Å². The Kier molecular flexibility index (Phi) is 9.34. The van der Waals surface area contributed by atoms with Gasteiger partial charge in [-0.05, 0) is 118 Å². The van der Waals surface area contributed by atoms with Crippen molar-refractivity contribution in [3.05, 3.63) is 76.9 Å². The van der Waals surface area contributed by atoms with Gasteiger partial charge in [-0.2, -0.15) is 4.39 Å². The van der Waals surface area contributed by atoms with Crippen LogP contribution in [0.2, 0.25) is 0 Å². The lowest BCUT2D eigenvalue weighted by Crippen LogP contribution is -2.15. The summed E-state index contributed by atoms with van der Waals surface area (Å²) in [6.07, 6.45) is 14.5. The molecule has 35 heavy (non-hydrogen) atoms. The van der Waals surface area contributed by atoms with E-state index in [1.165, 1.54) is 24.0 Å². The summed E-state index contributed by atoms with van der Waals surface area (Å²) in [6, 6.07) is 12.5. The van der Waals surface area contributed by atoms with Crippen molar-refractivity contribution in [3.63, 3.8) is 0 Å². The molecule has 2 aromatic rings. The van der Waals surface area contributed by atoms with Gasteiger partial charge < -0.3 is 4.74 Å². The Morgan fingerprint density at radius 2 is 1.40 bits per heavy atom. The van der Waals surface area contributed by atoms with E-state index < -0.39 is 11.6 Å². The van der Waals surface area contributed by atoms with Gasteiger partial charge in [0, 0.05) is 0 Å². The number of alkyl halides is 1. The molecule has 2 aromatic carbocycles. The molecule has 0 heterocycles. The molecule has 2 saturated carbocycles. The van der Waals surface area contributed by atoms with E-state index in [1.807, 2.05) is 0 Å². The molecular weight excluding hydrogens is 445 g/mol. The van der Waals surface area contributed by atoms with Crippen molar-refractivity contribution in [2.75, 3.05) is 13.3 Å². The molecule has 4 heteroatoms. The number of aryl methyl sites for hydroxylation is 1. The van der Waals surface area contributed by atoms with E-state index in [9.17, 15) is 13.2 Å². The van der Waals surface area contributed by atoms with E-state index in [4.69, 9.17) is 4.74 Å². The van der Waals surface area contributed by atoms with Gasteiger partial charge in [0.05, 0.1) is 6.61 Å². The molecule has 0 saturated heterocycles. The summed E-state index contributed by atoms with van der Waals surface area (Å²) >= 11 is 0. The fourth-order valence-corrected chi connectivity index (χ4v) is 6.11. The quantitative estimate of drug-likeness (QED) is 0.323. The molecule has 0 unspecified atom stereocenters. The summed E-state index contributed by atoms with van der Waals surface area (Å²) in [4.78, 5) is 0.